The summed E-state index contributed by atoms with van der Waals surface area (Å²) in [5.41, 5.74) is 0.700. The maximum atomic E-state index is 11.4. The predicted molar refractivity (Wildman–Crippen MR) is 70.1 cm³/mol. The first kappa shape index (κ1) is 14.2. The Morgan fingerprint density at radius 2 is 1.76 bits per heavy atom. The fraction of sp³-hybridized carbons (Fsp3) is 0.400. The zero-order chi connectivity index (χ0) is 11.6. The fourth-order valence-electron chi connectivity index (χ4n) is 1.86. The summed E-state index contributed by atoms with van der Waals surface area (Å²) in [6, 6.07) is 6.86. The number of primary sulfonamides is 1. The first-order chi connectivity index (χ1) is 7.59. The first-order valence-corrected chi connectivity index (χ1v) is 6.71. The van der Waals surface area contributed by atoms with Gasteiger partial charge in [0.25, 0.3) is 0 Å². The summed E-state index contributed by atoms with van der Waals surface area (Å²) in [7, 11) is -3.64. The van der Waals surface area contributed by atoms with Crippen molar-refractivity contribution in [3.05, 3.63) is 24.3 Å². The number of nitrogens with one attached hydrogen (secondary N) is 1. The minimum absolute atomic E-state index is 0. The second-order valence-corrected chi connectivity index (χ2v) is 5.28. The van der Waals surface area contributed by atoms with E-state index in [1.807, 2.05) is 11.0 Å². The topological polar surface area (TPSA) is 75.4 Å². The Bertz CT molecular complexity index is 472. The van der Waals surface area contributed by atoms with Crippen LogP contribution in [0.4, 0.5) is 5.69 Å². The molecule has 1 aromatic carbocycles. The second-order valence-electron chi connectivity index (χ2n) is 3.75. The van der Waals surface area contributed by atoms with Crippen LogP contribution in [0, 0.1) is 0 Å². The van der Waals surface area contributed by atoms with Gasteiger partial charge in [-0.3, -0.25) is 0 Å². The smallest absolute Gasteiger partial charge is 0.240 e. The van der Waals surface area contributed by atoms with Crippen LogP contribution in [-0.4, -0.2) is 34.6 Å². The molecule has 3 N–H and O–H groups in total. The van der Waals surface area contributed by atoms with E-state index >= 15 is 0 Å². The SMILES string of the molecule is Cl.NS(=O)(=O)c1ccccc1N1CCNCC1. The molecule has 1 heterocycles. The van der Waals surface area contributed by atoms with Crippen LogP contribution >= 0.6 is 12.4 Å². The number of nitrogens with zero attached hydrogens (tertiary/aromatic N) is 1. The molecule has 0 unspecified atom stereocenters. The van der Waals surface area contributed by atoms with E-state index < -0.39 is 10.0 Å². The average molecular weight is 278 g/mol. The van der Waals surface area contributed by atoms with Gasteiger partial charge in [0.15, 0.2) is 0 Å². The van der Waals surface area contributed by atoms with Crippen LogP contribution in [0.25, 0.3) is 0 Å². The summed E-state index contributed by atoms with van der Waals surface area (Å²) in [4.78, 5) is 2.24. The molecular formula is C10H16ClN3O2S. The lowest BCUT2D eigenvalue weighted by molar-refractivity contribution is 0.580. The summed E-state index contributed by atoms with van der Waals surface area (Å²) in [6.45, 7) is 3.32. The van der Waals surface area contributed by atoms with Crippen molar-refractivity contribution in [2.75, 3.05) is 31.1 Å². The van der Waals surface area contributed by atoms with E-state index in [9.17, 15) is 8.42 Å². The number of hydrogen-bond donors (Lipinski definition) is 2. The van der Waals surface area contributed by atoms with E-state index in [4.69, 9.17) is 5.14 Å². The van der Waals surface area contributed by atoms with Crippen LogP contribution in [0.5, 0.6) is 0 Å². The Morgan fingerprint density at radius 3 is 2.35 bits per heavy atom. The number of piperazine rings is 1. The highest BCUT2D eigenvalue weighted by molar-refractivity contribution is 7.89. The molecule has 0 bridgehead atoms. The molecule has 0 amide bonds. The molecule has 0 spiro atoms. The summed E-state index contributed by atoms with van der Waals surface area (Å²) in [5, 5.41) is 8.41. The normalized spacial score (nSPS) is 16.4. The van der Waals surface area contributed by atoms with Crippen molar-refractivity contribution in [3.63, 3.8) is 0 Å². The molecule has 17 heavy (non-hydrogen) atoms. The van der Waals surface area contributed by atoms with Gasteiger partial charge >= 0.3 is 0 Å². The van der Waals surface area contributed by atoms with Crippen molar-refractivity contribution in [3.8, 4) is 0 Å². The van der Waals surface area contributed by atoms with Crippen LogP contribution in [0.3, 0.4) is 0 Å². The van der Waals surface area contributed by atoms with Crippen molar-refractivity contribution < 1.29 is 8.42 Å². The van der Waals surface area contributed by atoms with Crippen molar-refractivity contribution in [2.45, 2.75) is 4.90 Å². The van der Waals surface area contributed by atoms with Crippen LogP contribution in [0.15, 0.2) is 29.2 Å². The van der Waals surface area contributed by atoms with Gasteiger partial charge in [0.1, 0.15) is 4.90 Å². The number of nitrogens with two attached hydrogens (primary N) is 1. The Hall–Kier alpha value is -0.820. The molecule has 0 atom stereocenters. The number of para-hydroxylation sites is 1. The molecule has 1 aliphatic rings. The van der Waals surface area contributed by atoms with Crippen molar-refractivity contribution in [1.82, 2.24) is 5.32 Å². The fourth-order valence-corrected chi connectivity index (χ4v) is 2.62. The quantitative estimate of drug-likeness (QED) is 0.808. The first-order valence-electron chi connectivity index (χ1n) is 5.16. The third kappa shape index (κ3) is 3.32. The highest BCUT2D eigenvalue weighted by atomic mass is 35.5. The molecule has 1 fully saturated rings. The number of benzene rings is 1. The third-order valence-electron chi connectivity index (χ3n) is 2.63. The predicted octanol–water partition coefficient (Wildman–Crippen LogP) is 0.165. The number of halogens is 1. The van der Waals surface area contributed by atoms with E-state index in [0.29, 0.717) is 5.69 Å². The molecule has 1 saturated heterocycles. The van der Waals surface area contributed by atoms with E-state index in [1.165, 1.54) is 0 Å². The van der Waals surface area contributed by atoms with Crippen LogP contribution < -0.4 is 15.4 Å². The van der Waals surface area contributed by atoms with Crippen molar-refractivity contribution in [1.29, 1.82) is 0 Å². The Kier molecular flexibility index (Phi) is 4.76. The summed E-state index contributed by atoms with van der Waals surface area (Å²) < 4.78 is 22.9. The van der Waals surface area contributed by atoms with Crippen molar-refractivity contribution in [2.24, 2.45) is 5.14 Å². The lowest BCUT2D eigenvalue weighted by Gasteiger charge is -2.30. The summed E-state index contributed by atoms with van der Waals surface area (Å²) in [5.74, 6) is 0. The number of anilines is 1. The van der Waals surface area contributed by atoms with Gasteiger partial charge in [-0.25, -0.2) is 13.6 Å². The lowest BCUT2D eigenvalue weighted by Crippen LogP contribution is -2.44. The zero-order valence-corrected chi connectivity index (χ0v) is 10.9. The van der Waals surface area contributed by atoms with Crippen molar-refractivity contribution >= 4 is 28.1 Å². The molecule has 0 saturated carbocycles. The van der Waals surface area contributed by atoms with Gasteiger partial charge in [-0.2, -0.15) is 0 Å². The largest absolute Gasteiger partial charge is 0.368 e. The second kappa shape index (κ2) is 5.68. The van der Waals surface area contributed by atoms with E-state index in [1.54, 1.807) is 18.2 Å². The van der Waals surface area contributed by atoms with Gasteiger partial charge in [0.05, 0.1) is 5.69 Å². The number of rotatable bonds is 2. The van der Waals surface area contributed by atoms with Crippen LogP contribution in [-0.2, 0) is 10.0 Å². The molecule has 96 valence electrons. The maximum absolute atomic E-state index is 11.4. The van der Waals surface area contributed by atoms with Gasteiger partial charge in [0, 0.05) is 26.2 Å². The standard InChI is InChI=1S/C10H15N3O2S.ClH/c11-16(14,15)10-4-2-1-3-9(10)13-7-5-12-6-8-13;/h1-4,12H,5-8H2,(H2,11,14,15);1H. The van der Waals surface area contributed by atoms with Gasteiger partial charge in [0.2, 0.25) is 10.0 Å². The summed E-state index contributed by atoms with van der Waals surface area (Å²) >= 11 is 0. The molecule has 0 radical (unpaired) electrons. The number of hydrogen-bond acceptors (Lipinski definition) is 4. The van der Waals surface area contributed by atoms with Gasteiger partial charge in [-0.05, 0) is 12.1 Å². The van der Waals surface area contributed by atoms with E-state index in [2.05, 4.69) is 5.32 Å². The Morgan fingerprint density at radius 1 is 1.18 bits per heavy atom. The highest BCUT2D eigenvalue weighted by Gasteiger charge is 2.19. The molecule has 2 rings (SSSR count). The summed E-state index contributed by atoms with van der Waals surface area (Å²) in [6.07, 6.45) is 0. The maximum Gasteiger partial charge on any atom is 0.240 e. The zero-order valence-electron chi connectivity index (χ0n) is 9.30. The minimum Gasteiger partial charge on any atom is -0.368 e. The Labute approximate surface area is 107 Å². The van der Waals surface area contributed by atoms with Gasteiger partial charge in [-0.1, -0.05) is 12.1 Å². The molecule has 0 aromatic heterocycles. The van der Waals surface area contributed by atoms with Crippen LogP contribution in [0.2, 0.25) is 0 Å². The van der Waals surface area contributed by atoms with E-state index in [-0.39, 0.29) is 17.3 Å². The molecule has 0 aliphatic carbocycles. The number of sulfonamides is 1. The molecule has 5 nitrogen and oxygen atoms in total. The molecule has 7 heteroatoms. The van der Waals surface area contributed by atoms with Gasteiger partial charge < -0.3 is 10.2 Å². The Balaban J connectivity index is 0.00000144. The van der Waals surface area contributed by atoms with E-state index in [0.717, 1.165) is 26.2 Å². The average Bonchev–Trinajstić information content (AvgIpc) is 2.29. The highest BCUT2D eigenvalue weighted by Crippen LogP contribution is 2.23. The monoisotopic (exact) mass is 277 g/mol. The molecule has 1 aliphatic heterocycles. The lowest BCUT2D eigenvalue weighted by atomic mass is 10.2. The third-order valence-corrected chi connectivity index (χ3v) is 3.59. The minimum atomic E-state index is -3.64. The molecule has 1 aromatic rings. The molecular weight excluding hydrogens is 262 g/mol. The van der Waals surface area contributed by atoms with Crippen LogP contribution in [0.1, 0.15) is 0 Å². The van der Waals surface area contributed by atoms with Gasteiger partial charge in [-0.15, -0.1) is 12.4 Å².